The van der Waals surface area contributed by atoms with Crippen molar-refractivity contribution in [2.75, 3.05) is 0 Å². The quantitative estimate of drug-likeness (QED) is 0.440. The van der Waals surface area contributed by atoms with Gasteiger partial charge >= 0.3 is 59.1 Å². The zero-order chi connectivity index (χ0) is 8.57. The van der Waals surface area contributed by atoms with Crippen molar-refractivity contribution in [2.24, 2.45) is 0 Å². The number of carboxylic acid groups (broad SMARTS) is 3. The molecule has 0 rings (SSSR count). The maximum Gasteiger partial charge on any atom is 1.00 e. The minimum atomic E-state index is -2.08. The second-order valence-corrected chi connectivity index (χ2v) is 1.39. The number of hydrogen-bond acceptors (Lipinski definition) is 4. The number of carbonyl (C=O) groups is 2. The number of aliphatic carboxylic acids is 1. The summed E-state index contributed by atoms with van der Waals surface area (Å²) >= 11 is 0. The Bertz CT molecular complexity index is 112. The zero-order valence-corrected chi connectivity index (χ0v) is 11.5. The predicted molar refractivity (Wildman–Crippen MR) is 27.9 cm³/mol. The molecule has 0 unspecified atom stereocenters. The third-order valence-corrected chi connectivity index (χ3v) is 0.454. The van der Waals surface area contributed by atoms with Crippen molar-refractivity contribution in [2.45, 2.75) is 19.8 Å². The molecular weight excluding hydrogens is 186 g/mol. The summed E-state index contributed by atoms with van der Waals surface area (Å²) in [5, 5.41) is 24.8. The van der Waals surface area contributed by atoms with E-state index in [2.05, 4.69) is 0 Å². The van der Waals surface area contributed by atoms with Crippen LogP contribution in [0.25, 0.3) is 0 Å². The van der Waals surface area contributed by atoms with Crippen molar-refractivity contribution >= 4 is 12.1 Å². The molecule has 0 atom stereocenters. The molecule has 12 heavy (non-hydrogen) atoms. The molecule has 60 valence electrons. The van der Waals surface area contributed by atoms with E-state index in [9.17, 15) is 9.90 Å². The van der Waals surface area contributed by atoms with Gasteiger partial charge < -0.3 is 24.9 Å². The molecule has 0 aromatic carbocycles. The summed E-state index contributed by atoms with van der Waals surface area (Å²) in [4.78, 5) is 17.9. The molecule has 0 fully saturated rings. The third kappa shape index (κ3) is 72.8. The Morgan fingerprint density at radius 2 is 1.50 bits per heavy atom. The van der Waals surface area contributed by atoms with E-state index < -0.39 is 12.1 Å². The number of carbonyl (C=O) groups excluding carboxylic acids is 1. The van der Waals surface area contributed by atoms with E-state index in [0.717, 1.165) is 0 Å². The Morgan fingerprint density at radius 3 is 1.50 bits per heavy atom. The van der Waals surface area contributed by atoms with Crippen LogP contribution >= 0.6 is 0 Å². The van der Waals surface area contributed by atoms with Gasteiger partial charge in [-0.2, -0.15) is 0 Å². The Balaban J connectivity index is -0.0000000483. The van der Waals surface area contributed by atoms with Gasteiger partial charge in [0.05, 0.1) is 0 Å². The number of hydrogen-bond donors (Lipinski definition) is 1. The molecule has 0 aromatic heterocycles. The molecule has 0 saturated heterocycles. The van der Waals surface area contributed by atoms with Crippen LogP contribution in [0.2, 0.25) is 0 Å². The summed E-state index contributed by atoms with van der Waals surface area (Å²) < 4.78 is 0. The van der Waals surface area contributed by atoms with Gasteiger partial charge in [0.1, 0.15) is 0 Å². The Hall–Kier alpha value is 0.740. The average molecular weight is 194 g/mol. The van der Waals surface area contributed by atoms with E-state index in [-0.39, 0.29) is 65.5 Å². The van der Waals surface area contributed by atoms with Crippen LogP contribution in [-0.2, 0) is 4.79 Å². The van der Waals surface area contributed by atoms with Gasteiger partial charge in [-0.1, -0.05) is 13.3 Å². The largest absolute Gasteiger partial charge is 1.00 e. The number of carboxylic acids is 1. The van der Waals surface area contributed by atoms with Crippen LogP contribution in [0.1, 0.15) is 19.8 Å². The van der Waals surface area contributed by atoms with Gasteiger partial charge in [0, 0.05) is 5.97 Å². The summed E-state index contributed by atoms with van der Waals surface area (Å²) in [5.41, 5.74) is 0. The molecule has 0 aromatic rings. The van der Waals surface area contributed by atoms with Gasteiger partial charge in [0.2, 0.25) is 6.16 Å². The fraction of sp³-hybridized carbons (Fsp3) is 0.600. The first-order valence-electron chi connectivity index (χ1n) is 2.60. The molecule has 0 saturated carbocycles. The molecule has 1 N–H and O–H groups in total. The Morgan fingerprint density at radius 1 is 1.25 bits per heavy atom. The normalized spacial score (nSPS) is 6.08. The molecule has 5 nitrogen and oxygen atoms in total. The van der Waals surface area contributed by atoms with Crippen molar-refractivity contribution < 1.29 is 84.0 Å². The topological polar surface area (TPSA) is 100 Å². The standard InChI is InChI=1S/C4H8O2.CH2O3.2Na/c1-2-3-4(5)6;2-1(3)4;;/h2-3H2,1H3,(H,5,6);(H2,2,3,4);;/q;;2*+1/p-2. The fourth-order valence-corrected chi connectivity index (χ4v) is 0.204. The third-order valence-electron chi connectivity index (χ3n) is 0.454. The predicted octanol–water partition coefficient (Wildman–Crippen LogP) is -7.57. The molecule has 0 spiro atoms. The van der Waals surface area contributed by atoms with Gasteiger partial charge in [-0.15, -0.1) is 0 Å². The van der Waals surface area contributed by atoms with E-state index in [1.807, 2.05) is 0 Å². The second kappa shape index (κ2) is 17.7. The first kappa shape index (κ1) is 23.0. The SMILES string of the molecule is CCCC(=O)[O-].O=C([O-])O.[Na+].[Na+]. The summed E-state index contributed by atoms with van der Waals surface area (Å²) in [6.45, 7) is 1.80. The molecule has 0 bridgehead atoms. The maximum absolute atomic E-state index is 9.49. The molecule has 7 heteroatoms. The van der Waals surface area contributed by atoms with Crippen molar-refractivity contribution in [3.8, 4) is 0 Å². The zero-order valence-electron chi connectivity index (χ0n) is 7.49. The number of rotatable bonds is 2. The minimum Gasteiger partial charge on any atom is -0.565 e. The van der Waals surface area contributed by atoms with E-state index in [1.165, 1.54) is 0 Å². The summed E-state index contributed by atoms with van der Waals surface area (Å²) in [6, 6.07) is 0. The molecule has 0 aliphatic rings. The molecular formula is C5H8Na2O5. The smallest absolute Gasteiger partial charge is 0.565 e. The minimum absolute atomic E-state index is 0. The van der Waals surface area contributed by atoms with Gasteiger partial charge in [-0.25, -0.2) is 0 Å². The van der Waals surface area contributed by atoms with Gasteiger partial charge in [0.25, 0.3) is 0 Å². The van der Waals surface area contributed by atoms with Gasteiger partial charge in [0.15, 0.2) is 0 Å². The van der Waals surface area contributed by atoms with Crippen molar-refractivity contribution in [1.29, 1.82) is 0 Å². The average Bonchev–Trinajstić information content (AvgIpc) is 1.62. The molecule has 0 radical (unpaired) electrons. The van der Waals surface area contributed by atoms with E-state index in [4.69, 9.17) is 15.0 Å². The van der Waals surface area contributed by atoms with Crippen molar-refractivity contribution in [3.63, 3.8) is 0 Å². The van der Waals surface area contributed by atoms with Gasteiger partial charge in [-0.05, 0) is 6.42 Å². The van der Waals surface area contributed by atoms with Crippen LogP contribution in [0.4, 0.5) is 4.79 Å². The molecule has 0 heterocycles. The molecule has 0 aliphatic heterocycles. The monoisotopic (exact) mass is 194 g/mol. The van der Waals surface area contributed by atoms with Gasteiger partial charge in [-0.3, -0.25) is 0 Å². The van der Waals surface area contributed by atoms with Crippen LogP contribution < -0.4 is 69.3 Å². The second-order valence-electron chi connectivity index (χ2n) is 1.39. The molecule has 0 aliphatic carbocycles. The van der Waals surface area contributed by atoms with Crippen LogP contribution in [0.3, 0.4) is 0 Å². The van der Waals surface area contributed by atoms with Crippen molar-refractivity contribution in [3.05, 3.63) is 0 Å². The van der Waals surface area contributed by atoms with Crippen LogP contribution in [0.15, 0.2) is 0 Å². The Labute approximate surface area is 115 Å². The molecule has 0 amide bonds. The first-order chi connectivity index (χ1) is 4.50. The van der Waals surface area contributed by atoms with Crippen molar-refractivity contribution in [1.82, 2.24) is 0 Å². The van der Waals surface area contributed by atoms with Crippen LogP contribution in [0, 0.1) is 0 Å². The summed E-state index contributed by atoms with van der Waals surface area (Å²) in [5.74, 6) is -0.961. The fourth-order valence-electron chi connectivity index (χ4n) is 0.204. The Kier molecular flexibility index (Phi) is 34.0. The van der Waals surface area contributed by atoms with E-state index in [0.29, 0.717) is 6.42 Å². The summed E-state index contributed by atoms with van der Waals surface area (Å²) in [6.07, 6.45) is -1.23. The van der Waals surface area contributed by atoms with Crippen LogP contribution in [0.5, 0.6) is 0 Å². The first-order valence-corrected chi connectivity index (χ1v) is 2.60. The maximum atomic E-state index is 9.49. The van der Waals surface area contributed by atoms with E-state index >= 15 is 0 Å². The summed E-state index contributed by atoms with van der Waals surface area (Å²) in [7, 11) is 0. The van der Waals surface area contributed by atoms with Crippen LogP contribution in [-0.4, -0.2) is 17.2 Å². The van der Waals surface area contributed by atoms with E-state index in [1.54, 1.807) is 6.92 Å².